The molecule has 0 N–H and O–H groups in total. The fourth-order valence-electron chi connectivity index (χ4n) is 2.70. The van der Waals surface area contributed by atoms with Gasteiger partial charge in [-0.3, -0.25) is 4.57 Å². The largest absolute Gasteiger partial charge is 0.299 e. The topological polar surface area (TPSA) is 17.8 Å². The predicted molar refractivity (Wildman–Crippen MR) is 96.4 cm³/mol. The van der Waals surface area contributed by atoms with Crippen LogP contribution in [-0.2, 0) is 0 Å². The molecule has 0 amide bonds. The van der Waals surface area contributed by atoms with Gasteiger partial charge in [-0.05, 0) is 35.4 Å². The number of fused-ring (bicyclic) bond motifs is 1. The summed E-state index contributed by atoms with van der Waals surface area (Å²) in [6.07, 6.45) is 6.15. The molecule has 0 aliphatic rings. The zero-order valence-corrected chi connectivity index (χ0v) is 12.6. The molecule has 4 rings (SSSR count). The van der Waals surface area contributed by atoms with Crippen LogP contribution in [0.15, 0.2) is 85.2 Å². The minimum Gasteiger partial charge on any atom is -0.299 e. The van der Waals surface area contributed by atoms with E-state index in [0.29, 0.717) is 0 Å². The molecule has 0 fully saturated rings. The lowest BCUT2D eigenvalue weighted by Crippen LogP contribution is -1.91. The quantitative estimate of drug-likeness (QED) is 0.475. The molecule has 0 saturated carbocycles. The Labute approximate surface area is 135 Å². The number of benzene rings is 3. The van der Waals surface area contributed by atoms with E-state index >= 15 is 0 Å². The average molecular weight is 296 g/mol. The van der Waals surface area contributed by atoms with Crippen molar-refractivity contribution in [2.45, 2.75) is 0 Å². The molecule has 23 heavy (non-hydrogen) atoms. The van der Waals surface area contributed by atoms with Crippen molar-refractivity contribution in [3.8, 4) is 5.69 Å². The summed E-state index contributed by atoms with van der Waals surface area (Å²) in [5.74, 6) is 0. The second-order valence-electron chi connectivity index (χ2n) is 5.44. The Bertz CT molecular complexity index is 965. The van der Waals surface area contributed by atoms with E-state index in [2.05, 4.69) is 64.2 Å². The van der Waals surface area contributed by atoms with Crippen LogP contribution in [0.4, 0.5) is 0 Å². The number of rotatable bonds is 3. The van der Waals surface area contributed by atoms with Gasteiger partial charge in [0.25, 0.3) is 0 Å². The van der Waals surface area contributed by atoms with E-state index in [4.69, 9.17) is 0 Å². The molecule has 0 unspecified atom stereocenters. The zero-order valence-electron chi connectivity index (χ0n) is 12.6. The first-order chi connectivity index (χ1) is 11.4. The molecule has 0 spiro atoms. The molecular formula is C21H16N2. The summed E-state index contributed by atoms with van der Waals surface area (Å²) in [6, 6.07) is 27.0. The highest BCUT2D eigenvalue weighted by Crippen LogP contribution is 2.19. The SMILES string of the molecule is C(=C\c1cccc(-n2cnc3ccccc32)c1)/c1ccccc1. The second-order valence-corrected chi connectivity index (χ2v) is 5.44. The van der Waals surface area contributed by atoms with Crippen LogP contribution in [0.25, 0.3) is 28.9 Å². The van der Waals surface area contributed by atoms with Crippen LogP contribution in [0.1, 0.15) is 11.1 Å². The molecule has 1 aromatic heterocycles. The third-order valence-corrected chi connectivity index (χ3v) is 3.87. The minimum absolute atomic E-state index is 1.01. The summed E-state index contributed by atoms with van der Waals surface area (Å²) in [4.78, 5) is 4.46. The lowest BCUT2D eigenvalue weighted by atomic mass is 10.1. The van der Waals surface area contributed by atoms with Gasteiger partial charge in [0, 0.05) is 5.69 Å². The van der Waals surface area contributed by atoms with Crippen LogP contribution in [0.3, 0.4) is 0 Å². The van der Waals surface area contributed by atoms with E-state index in [1.165, 1.54) is 11.1 Å². The molecule has 0 bridgehead atoms. The molecule has 0 saturated heterocycles. The van der Waals surface area contributed by atoms with Crippen molar-refractivity contribution in [1.29, 1.82) is 0 Å². The number of para-hydroxylation sites is 2. The van der Waals surface area contributed by atoms with Crippen LogP contribution < -0.4 is 0 Å². The van der Waals surface area contributed by atoms with Gasteiger partial charge in [-0.25, -0.2) is 4.98 Å². The van der Waals surface area contributed by atoms with Gasteiger partial charge < -0.3 is 0 Å². The fraction of sp³-hybridized carbons (Fsp3) is 0. The van der Waals surface area contributed by atoms with Gasteiger partial charge in [0.05, 0.1) is 11.0 Å². The van der Waals surface area contributed by atoms with Crippen molar-refractivity contribution in [3.05, 3.63) is 96.3 Å². The molecule has 0 aliphatic carbocycles. The van der Waals surface area contributed by atoms with E-state index in [1.807, 2.05) is 42.7 Å². The summed E-state index contributed by atoms with van der Waals surface area (Å²) >= 11 is 0. The predicted octanol–water partition coefficient (Wildman–Crippen LogP) is 5.20. The summed E-state index contributed by atoms with van der Waals surface area (Å²) in [5, 5.41) is 0. The third-order valence-electron chi connectivity index (χ3n) is 3.87. The van der Waals surface area contributed by atoms with E-state index in [-0.39, 0.29) is 0 Å². The monoisotopic (exact) mass is 296 g/mol. The molecular weight excluding hydrogens is 280 g/mol. The van der Waals surface area contributed by atoms with Crippen molar-refractivity contribution < 1.29 is 0 Å². The number of aromatic nitrogens is 2. The van der Waals surface area contributed by atoms with Crippen LogP contribution in [0.2, 0.25) is 0 Å². The highest BCUT2D eigenvalue weighted by molar-refractivity contribution is 5.78. The van der Waals surface area contributed by atoms with E-state index in [1.54, 1.807) is 0 Å². The number of hydrogen-bond acceptors (Lipinski definition) is 1. The molecule has 110 valence electrons. The summed E-state index contributed by atoms with van der Waals surface area (Å²) in [6.45, 7) is 0. The molecule has 2 nitrogen and oxygen atoms in total. The first kappa shape index (κ1) is 13.5. The lowest BCUT2D eigenvalue weighted by molar-refractivity contribution is 1.09. The lowest BCUT2D eigenvalue weighted by Gasteiger charge is -2.05. The number of imidazole rings is 1. The first-order valence-corrected chi connectivity index (χ1v) is 7.66. The Morgan fingerprint density at radius 1 is 0.696 bits per heavy atom. The maximum absolute atomic E-state index is 4.46. The van der Waals surface area contributed by atoms with Gasteiger partial charge >= 0.3 is 0 Å². The molecule has 1 heterocycles. The normalized spacial score (nSPS) is 11.3. The number of nitrogens with zero attached hydrogens (tertiary/aromatic N) is 2. The zero-order chi connectivity index (χ0) is 15.5. The minimum atomic E-state index is 1.01. The molecule has 3 aromatic carbocycles. The first-order valence-electron chi connectivity index (χ1n) is 7.66. The van der Waals surface area contributed by atoms with Crippen molar-refractivity contribution in [2.24, 2.45) is 0 Å². The van der Waals surface area contributed by atoms with E-state index in [9.17, 15) is 0 Å². The molecule has 0 radical (unpaired) electrons. The van der Waals surface area contributed by atoms with E-state index in [0.717, 1.165) is 16.7 Å². The molecule has 2 heteroatoms. The number of hydrogen-bond donors (Lipinski definition) is 0. The smallest absolute Gasteiger partial charge is 0.100 e. The Morgan fingerprint density at radius 2 is 1.43 bits per heavy atom. The highest BCUT2D eigenvalue weighted by Gasteiger charge is 2.03. The summed E-state index contributed by atoms with van der Waals surface area (Å²) in [7, 11) is 0. The molecule has 0 atom stereocenters. The highest BCUT2D eigenvalue weighted by atomic mass is 15.0. The van der Waals surface area contributed by atoms with Gasteiger partial charge in [-0.1, -0.05) is 66.7 Å². The Kier molecular flexibility index (Phi) is 3.49. The fourth-order valence-corrected chi connectivity index (χ4v) is 2.70. The van der Waals surface area contributed by atoms with Crippen LogP contribution in [0, 0.1) is 0 Å². The van der Waals surface area contributed by atoms with E-state index < -0.39 is 0 Å². The van der Waals surface area contributed by atoms with Gasteiger partial charge in [-0.2, -0.15) is 0 Å². The summed E-state index contributed by atoms with van der Waals surface area (Å²) in [5.41, 5.74) is 5.62. The van der Waals surface area contributed by atoms with Crippen LogP contribution >= 0.6 is 0 Å². The third kappa shape index (κ3) is 2.79. The van der Waals surface area contributed by atoms with Crippen LogP contribution in [-0.4, -0.2) is 9.55 Å². The standard InChI is InChI=1S/C21H16N2/c1-2-7-17(8-3-1)13-14-18-9-6-10-19(15-18)23-16-22-20-11-4-5-12-21(20)23/h1-16H/b14-13+. The molecule has 0 aliphatic heterocycles. The van der Waals surface area contributed by atoms with Crippen molar-refractivity contribution in [1.82, 2.24) is 9.55 Å². The Balaban J connectivity index is 1.70. The van der Waals surface area contributed by atoms with Gasteiger partial charge in [-0.15, -0.1) is 0 Å². The maximum atomic E-state index is 4.46. The maximum Gasteiger partial charge on any atom is 0.100 e. The summed E-state index contributed by atoms with van der Waals surface area (Å²) < 4.78 is 2.12. The van der Waals surface area contributed by atoms with Crippen molar-refractivity contribution in [2.75, 3.05) is 0 Å². The van der Waals surface area contributed by atoms with Gasteiger partial charge in [0.15, 0.2) is 0 Å². The van der Waals surface area contributed by atoms with Gasteiger partial charge in [0.1, 0.15) is 6.33 Å². The molecule has 4 aromatic rings. The second kappa shape index (κ2) is 5.93. The van der Waals surface area contributed by atoms with Crippen molar-refractivity contribution >= 4 is 23.2 Å². The van der Waals surface area contributed by atoms with Crippen LogP contribution in [0.5, 0.6) is 0 Å². The van der Waals surface area contributed by atoms with Crippen molar-refractivity contribution in [3.63, 3.8) is 0 Å². The Morgan fingerprint density at radius 3 is 2.35 bits per heavy atom. The van der Waals surface area contributed by atoms with Gasteiger partial charge in [0.2, 0.25) is 0 Å². The average Bonchev–Trinajstić information content (AvgIpc) is 3.05. The Hall–Kier alpha value is -3.13.